The lowest BCUT2D eigenvalue weighted by molar-refractivity contribution is 0.102. The van der Waals surface area contributed by atoms with E-state index in [-0.39, 0.29) is 11.5 Å². The Morgan fingerprint density at radius 1 is 1.38 bits per heavy atom. The number of ether oxygens (including phenoxy) is 1. The highest BCUT2D eigenvalue weighted by Crippen LogP contribution is 2.26. The first kappa shape index (κ1) is 16.4. The number of nitrogens with zero attached hydrogens (tertiary/aromatic N) is 2. The van der Waals surface area contributed by atoms with Gasteiger partial charge in [-0.15, -0.1) is 0 Å². The molecule has 1 atom stereocenters. The van der Waals surface area contributed by atoms with Crippen LogP contribution < -0.4 is 10.9 Å². The molecule has 1 fully saturated rings. The van der Waals surface area contributed by atoms with E-state index in [0.717, 1.165) is 12.1 Å². The maximum atomic E-state index is 12.6. The molecule has 3 rings (SSSR count). The van der Waals surface area contributed by atoms with E-state index in [0.29, 0.717) is 35.9 Å². The van der Waals surface area contributed by atoms with Gasteiger partial charge in [0.2, 0.25) is 0 Å². The first-order valence-electron chi connectivity index (χ1n) is 7.92. The lowest BCUT2D eigenvalue weighted by atomic mass is 10.0. The molecular formula is C17H21N3O4. The average Bonchev–Trinajstić information content (AvgIpc) is 3.12. The zero-order chi connectivity index (χ0) is 17.4. The third-order valence-electron chi connectivity index (χ3n) is 4.47. The van der Waals surface area contributed by atoms with Crippen molar-refractivity contribution in [2.24, 2.45) is 7.05 Å². The van der Waals surface area contributed by atoms with Crippen LogP contribution >= 0.6 is 0 Å². The summed E-state index contributed by atoms with van der Waals surface area (Å²) in [5.41, 5.74) is 2.15. The normalized spacial score (nSPS) is 17.2. The van der Waals surface area contributed by atoms with Crippen molar-refractivity contribution in [2.45, 2.75) is 33.1 Å². The van der Waals surface area contributed by atoms with Gasteiger partial charge in [0.1, 0.15) is 11.3 Å². The highest BCUT2D eigenvalue weighted by atomic mass is 16.5. The Labute approximate surface area is 139 Å². The van der Waals surface area contributed by atoms with Gasteiger partial charge < -0.3 is 14.5 Å². The molecule has 1 N–H and O–H groups in total. The number of rotatable bonds is 3. The van der Waals surface area contributed by atoms with Crippen molar-refractivity contribution in [3.05, 3.63) is 44.8 Å². The van der Waals surface area contributed by atoms with Gasteiger partial charge in [-0.1, -0.05) is 0 Å². The number of aryl methyl sites for hydroxylation is 3. The second-order valence-electron chi connectivity index (χ2n) is 6.18. The SMILES string of the molecule is Cc1cc(C2CCOC2)oc(=O)c1C(=O)Nc1c(C)nn(C)c1C. The largest absolute Gasteiger partial charge is 0.427 e. The minimum absolute atomic E-state index is 0.0281. The van der Waals surface area contributed by atoms with Gasteiger partial charge in [0.05, 0.1) is 23.7 Å². The highest BCUT2D eigenvalue weighted by Gasteiger charge is 2.24. The highest BCUT2D eigenvalue weighted by molar-refractivity contribution is 6.05. The summed E-state index contributed by atoms with van der Waals surface area (Å²) >= 11 is 0. The predicted octanol–water partition coefficient (Wildman–Crippen LogP) is 2.05. The van der Waals surface area contributed by atoms with E-state index in [4.69, 9.17) is 9.15 Å². The zero-order valence-corrected chi connectivity index (χ0v) is 14.3. The Morgan fingerprint density at radius 2 is 2.12 bits per heavy atom. The molecule has 0 aliphatic carbocycles. The van der Waals surface area contributed by atoms with E-state index in [9.17, 15) is 9.59 Å². The van der Waals surface area contributed by atoms with Crippen LogP contribution in [0.3, 0.4) is 0 Å². The second kappa shape index (κ2) is 6.24. The van der Waals surface area contributed by atoms with E-state index < -0.39 is 11.5 Å². The third-order valence-corrected chi connectivity index (χ3v) is 4.47. The van der Waals surface area contributed by atoms with Crippen LogP contribution in [0, 0.1) is 20.8 Å². The molecule has 24 heavy (non-hydrogen) atoms. The van der Waals surface area contributed by atoms with E-state index in [1.165, 1.54) is 0 Å². The fraction of sp³-hybridized carbons (Fsp3) is 0.471. The Morgan fingerprint density at radius 3 is 2.67 bits per heavy atom. The fourth-order valence-electron chi connectivity index (χ4n) is 3.00. The fourth-order valence-corrected chi connectivity index (χ4v) is 3.00. The molecule has 3 heterocycles. The van der Waals surface area contributed by atoms with Gasteiger partial charge in [0.25, 0.3) is 5.91 Å². The van der Waals surface area contributed by atoms with E-state index in [1.807, 2.05) is 6.92 Å². The minimum atomic E-state index is -0.617. The Bertz CT molecular complexity index is 844. The van der Waals surface area contributed by atoms with Gasteiger partial charge in [-0.2, -0.15) is 5.10 Å². The summed E-state index contributed by atoms with van der Waals surface area (Å²) in [4.78, 5) is 24.9. The topological polar surface area (TPSA) is 86.4 Å². The van der Waals surface area contributed by atoms with Crippen molar-refractivity contribution in [1.29, 1.82) is 0 Å². The number of aromatic nitrogens is 2. The maximum absolute atomic E-state index is 12.6. The van der Waals surface area contributed by atoms with Crippen molar-refractivity contribution in [2.75, 3.05) is 18.5 Å². The Hall–Kier alpha value is -2.41. The van der Waals surface area contributed by atoms with Crippen LogP contribution in [0.5, 0.6) is 0 Å². The minimum Gasteiger partial charge on any atom is -0.427 e. The molecule has 7 nitrogen and oxygen atoms in total. The maximum Gasteiger partial charge on any atom is 0.349 e. The number of carbonyl (C=O) groups excluding carboxylic acids is 1. The molecule has 2 aromatic heterocycles. The van der Waals surface area contributed by atoms with Crippen molar-refractivity contribution in [1.82, 2.24) is 9.78 Å². The lowest BCUT2D eigenvalue weighted by Crippen LogP contribution is -2.24. The molecule has 1 unspecified atom stereocenters. The summed E-state index contributed by atoms with van der Waals surface area (Å²) < 4.78 is 12.4. The van der Waals surface area contributed by atoms with Gasteiger partial charge in [0, 0.05) is 19.6 Å². The standard InChI is InChI=1S/C17H21N3O4/c1-9-7-13(12-5-6-23-8-12)24-17(22)14(9)16(21)18-15-10(2)19-20(4)11(15)3/h7,12H,5-6,8H2,1-4H3,(H,18,21). The van der Waals surface area contributed by atoms with Crippen molar-refractivity contribution in [3.8, 4) is 0 Å². The molecule has 1 aliphatic rings. The zero-order valence-electron chi connectivity index (χ0n) is 14.3. The molecule has 7 heteroatoms. The van der Waals surface area contributed by atoms with Crippen LogP contribution in [0.2, 0.25) is 0 Å². The molecule has 1 amide bonds. The molecule has 1 aliphatic heterocycles. The molecule has 0 bridgehead atoms. The Kier molecular flexibility index (Phi) is 4.28. The van der Waals surface area contributed by atoms with Crippen LogP contribution in [0.4, 0.5) is 5.69 Å². The van der Waals surface area contributed by atoms with Crippen molar-refractivity contribution >= 4 is 11.6 Å². The number of anilines is 1. The number of amides is 1. The number of hydrogen-bond acceptors (Lipinski definition) is 5. The van der Waals surface area contributed by atoms with Crippen molar-refractivity contribution in [3.63, 3.8) is 0 Å². The first-order valence-corrected chi connectivity index (χ1v) is 7.92. The smallest absolute Gasteiger partial charge is 0.349 e. The van der Waals surface area contributed by atoms with Gasteiger partial charge >= 0.3 is 5.63 Å². The van der Waals surface area contributed by atoms with E-state index in [1.54, 1.807) is 31.6 Å². The van der Waals surface area contributed by atoms with Crippen LogP contribution in [-0.4, -0.2) is 28.9 Å². The number of hydrogen-bond donors (Lipinski definition) is 1. The summed E-state index contributed by atoms with van der Waals surface area (Å²) in [7, 11) is 1.80. The van der Waals surface area contributed by atoms with Crippen LogP contribution in [0.25, 0.3) is 0 Å². The lowest BCUT2D eigenvalue weighted by Gasteiger charge is -2.10. The van der Waals surface area contributed by atoms with Crippen molar-refractivity contribution < 1.29 is 13.9 Å². The quantitative estimate of drug-likeness (QED) is 0.930. The summed E-state index contributed by atoms with van der Waals surface area (Å²) in [6.07, 6.45) is 0.821. The molecule has 0 saturated carbocycles. The van der Waals surface area contributed by atoms with Crippen LogP contribution in [-0.2, 0) is 11.8 Å². The molecule has 128 valence electrons. The van der Waals surface area contributed by atoms with Gasteiger partial charge in [-0.05, 0) is 38.8 Å². The molecule has 0 aromatic carbocycles. The molecular weight excluding hydrogens is 310 g/mol. The molecule has 1 saturated heterocycles. The monoisotopic (exact) mass is 331 g/mol. The first-order chi connectivity index (χ1) is 11.4. The van der Waals surface area contributed by atoms with Gasteiger partial charge in [0.15, 0.2) is 0 Å². The van der Waals surface area contributed by atoms with Crippen LogP contribution in [0.1, 0.15) is 45.4 Å². The summed E-state index contributed by atoms with van der Waals surface area (Å²) in [6, 6.07) is 1.76. The van der Waals surface area contributed by atoms with Crippen LogP contribution in [0.15, 0.2) is 15.3 Å². The second-order valence-corrected chi connectivity index (χ2v) is 6.18. The third kappa shape index (κ3) is 2.87. The predicted molar refractivity (Wildman–Crippen MR) is 88.5 cm³/mol. The van der Waals surface area contributed by atoms with Gasteiger partial charge in [-0.25, -0.2) is 4.79 Å². The number of carbonyl (C=O) groups is 1. The van der Waals surface area contributed by atoms with Gasteiger partial charge in [-0.3, -0.25) is 9.48 Å². The number of nitrogens with one attached hydrogen (secondary N) is 1. The van der Waals surface area contributed by atoms with E-state index >= 15 is 0 Å². The molecule has 0 spiro atoms. The van der Waals surface area contributed by atoms with E-state index in [2.05, 4.69) is 10.4 Å². The summed E-state index contributed by atoms with van der Waals surface area (Å²) in [5, 5.41) is 7.03. The summed E-state index contributed by atoms with van der Waals surface area (Å²) in [6.45, 7) is 6.61. The average molecular weight is 331 g/mol. The molecule has 2 aromatic rings. The summed E-state index contributed by atoms with van der Waals surface area (Å²) in [5.74, 6) is 0.186. The molecule has 0 radical (unpaired) electrons. The Balaban J connectivity index is 1.91.